The lowest BCUT2D eigenvalue weighted by Gasteiger charge is -2.32. The molecule has 3 atom stereocenters. The summed E-state index contributed by atoms with van der Waals surface area (Å²) in [6, 6.07) is 5.79. The summed E-state index contributed by atoms with van der Waals surface area (Å²) in [5.41, 5.74) is 1.00. The summed E-state index contributed by atoms with van der Waals surface area (Å²) in [6.45, 7) is 2.25. The SMILES string of the molecule is CCC1CCCC(C(O)c2cc(Cl)ccc2I)C1. The molecule has 1 saturated carbocycles. The Kier molecular flexibility index (Phi) is 5.34. The van der Waals surface area contributed by atoms with Crippen LogP contribution < -0.4 is 0 Å². The molecule has 1 aliphatic rings. The van der Waals surface area contributed by atoms with Gasteiger partial charge < -0.3 is 5.11 Å². The molecule has 0 amide bonds. The maximum atomic E-state index is 10.6. The second kappa shape index (κ2) is 6.58. The monoisotopic (exact) mass is 378 g/mol. The Morgan fingerprint density at radius 1 is 1.44 bits per heavy atom. The third-order valence-electron chi connectivity index (χ3n) is 4.12. The predicted molar refractivity (Wildman–Crippen MR) is 84.9 cm³/mol. The third kappa shape index (κ3) is 3.40. The van der Waals surface area contributed by atoms with Crippen LogP contribution in [0, 0.1) is 15.4 Å². The standard InChI is InChI=1S/C15H20ClIO/c1-2-10-4-3-5-11(8-10)15(18)13-9-12(16)6-7-14(13)17/h6-7,9-11,15,18H,2-5,8H2,1H3. The number of aliphatic hydroxyl groups is 1. The molecule has 0 radical (unpaired) electrons. The molecule has 0 saturated heterocycles. The number of benzene rings is 1. The summed E-state index contributed by atoms with van der Waals surface area (Å²) in [7, 11) is 0. The number of hydrogen-bond donors (Lipinski definition) is 1. The molecular weight excluding hydrogens is 359 g/mol. The minimum atomic E-state index is -0.357. The predicted octanol–water partition coefficient (Wildman–Crippen LogP) is 5.19. The van der Waals surface area contributed by atoms with Crippen LogP contribution in [0.3, 0.4) is 0 Å². The van der Waals surface area contributed by atoms with E-state index >= 15 is 0 Å². The van der Waals surface area contributed by atoms with E-state index < -0.39 is 0 Å². The van der Waals surface area contributed by atoms with Gasteiger partial charge in [-0.15, -0.1) is 0 Å². The van der Waals surface area contributed by atoms with Crippen molar-refractivity contribution in [2.24, 2.45) is 11.8 Å². The topological polar surface area (TPSA) is 20.2 Å². The second-order valence-electron chi connectivity index (χ2n) is 5.31. The Labute approximate surface area is 128 Å². The van der Waals surface area contributed by atoms with Crippen LogP contribution in [-0.2, 0) is 0 Å². The fourth-order valence-corrected chi connectivity index (χ4v) is 3.82. The summed E-state index contributed by atoms with van der Waals surface area (Å²) < 4.78 is 1.11. The third-order valence-corrected chi connectivity index (χ3v) is 5.34. The molecule has 3 heteroatoms. The fourth-order valence-electron chi connectivity index (χ4n) is 2.99. The largest absolute Gasteiger partial charge is 0.388 e. The van der Waals surface area contributed by atoms with Crippen LogP contribution in [-0.4, -0.2) is 5.11 Å². The van der Waals surface area contributed by atoms with E-state index in [1.807, 2.05) is 18.2 Å². The Balaban J connectivity index is 2.14. The van der Waals surface area contributed by atoms with Crippen molar-refractivity contribution in [3.63, 3.8) is 0 Å². The van der Waals surface area contributed by atoms with Crippen LogP contribution in [0.1, 0.15) is 50.7 Å². The molecule has 0 spiro atoms. The molecule has 0 aliphatic heterocycles. The van der Waals surface area contributed by atoms with Gasteiger partial charge in [-0.3, -0.25) is 0 Å². The number of halogens is 2. The smallest absolute Gasteiger partial charge is 0.0829 e. The van der Waals surface area contributed by atoms with Crippen molar-refractivity contribution in [1.29, 1.82) is 0 Å². The number of aliphatic hydroxyl groups excluding tert-OH is 1. The molecule has 1 aliphatic carbocycles. The zero-order valence-electron chi connectivity index (χ0n) is 10.7. The molecule has 0 aromatic heterocycles. The van der Waals surface area contributed by atoms with Gasteiger partial charge in [0.1, 0.15) is 0 Å². The second-order valence-corrected chi connectivity index (χ2v) is 6.91. The van der Waals surface area contributed by atoms with Crippen LogP contribution in [0.25, 0.3) is 0 Å². The zero-order chi connectivity index (χ0) is 13.1. The van der Waals surface area contributed by atoms with Crippen LogP contribution in [0.5, 0.6) is 0 Å². The van der Waals surface area contributed by atoms with Crippen molar-refractivity contribution in [2.75, 3.05) is 0 Å². The van der Waals surface area contributed by atoms with Crippen LogP contribution in [0.2, 0.25) is 5.02 Å². The van der Waals surface area contributed by atoms with Gasteiger partial charge >= 0.3 is 0 Å². The lowest BCUT2D eigenvalue weighted by atomic mass is 9.76. The fraction of sp³-hybridized carbons (Fsp3) is 0.600. The van der Waals surface area contributed by atoms with Crippen molar-refractivity contribution >= 4 is 34.2 Å². The summed E-state index contributed by atoms with van der Waals surface area (Å²) >= 11 is 8.33. The molecule has 1 aromatic rings. The lowest BCUT2D eigenvalue weighted by Crippen LogP contribution is -2.21. The molecule has 1 nitrogen and oxygen atoms in total. The van der Waals surface area contributed by atoms with Gasteiger partial charge in [0.25, 0.3) is 0 Å². The van der Waals surface area contributed by atoms with E-state index in [9.17, 15) is 5.11 Å². The summed E-state index contributed by atoms with van der Waals surface area (Å²) in [5, 5.41) is 11.3. The molecule has 1 fully saturated rings. The van der Waals surface area contributed by atoms with Crippen LogP contribution in [0.15, 0.2) is 18.2 Å². The number of hydrogen-bond acceptors (Lipinski definition) is 1. The van der Waals surface area contributed by atoms with E-state index in [4.69, 9.17) is 11.6 Å². The maximum Gasteiger partial charge on any atom is 0.0829 e. The van der Waals surface area contributed by atoms with Crippen molar-refractivity contribution in [3.8, 4) is 0 Å². The normalized spacial score (nSPS) is 26.0. The van der Waals surface area contributed by atoms with Crippen LogP contribution in [0.4, 0.5) is 0 Å². The summed E-state index contributed by atoms with van der Waals surface area (Å²) in [6.07, 6.45) is 5.74. The van der Waals surface area contributed by atoms with Gasteiger partial charge in [0.2, 0.25) is 0 Å². The van der Waals surface area contributed by atoms with Gasteiger partial charge in [-0.25, -0.2) is 0 Å². The summed E-state index contributed by atoms with van der Waals surface area (Å²) in [5.74, 6) is 1.19. The first-order valence-corrected chi connectivity index (χ1v) is 8.20. The zero-order valence-corrected chi connectivity index (χ0v) is 13.6. The Bertz CT molecular complexity index is 407. The highest BCUT2D eigenvalue weighted by atomic mass is 127. The molecule has 0 bridgehead atoms. The Hall–Kier alpha value is 0.200. The van der Waals surface area contributed by atoms with E-state index in [2.05, 4.69) is 29.5 Å². The molecule has 1 N–H and O–H groups in total. The van der Waals surface area contributed by atoms with Crippen molar-refractivity contribution in [1.82, 2.24) is 0 Å². The van der Waals surface area contributed by atoms with Crippen molar-refractivity contribution in [2.45, 2.75) is 45.1 Å². The molecule has 0 heterocycles. The number of rotatable bonds is 3. The first-order valence-electron chi connectivity index (χ1n) is 6.74. The Morgan fingerprint density at radius 2 is 2.22 bits per heavy atom. The first-order chi connectivity index (χ1) is 8.61. The minimum absolute atomic E-state index is 0.357. The molecule has 1 aromatic carbocycles. The minimum Gasteiger partial charge on any atom is -0.388 e. The van der Waals surface area contributed by atoms with Gasteiger partial charge in [0.05, 0.1) is 6.10 Å². The van der Waals surface area contributed by atoms with Crippen molar-refractivity contribution < 1.29 is 5.11 Å². The molecular formula is C15H20ClIO. The maximum absolute atomic E-state index is 10.6. The average molecular weight is 379 g/mol. The highest BCUT2D eigenvalue weighted by Crippen LogP contribution is 2.39. The van der Waals surface area contributed by atoms with Crippen LogP contribution >= 0.6 is 34.2 Å². The molecule has 3 unspecified atom stereocenters. The van der Waals surface area contributed by atoms with E-state index in [-0.39, 0.29) is 6.10 Å². The van der Waals surface area contributed by atoms with Gasteiger partial charge in [0, 0.05) is 8.59 Å². The first kappa shape index (κ1) is 14.6. The average Bonchev–Trinajstić information content (AvgIpc) is 2.41. The molecule has 18 heavy (non-hydrogen) atoms. The van der Waals surface area contributed by atoms with Gasteiger partial charge in [0.15, 0.2) is 0 Å². The van der Waals surface area contributed by atoms with Gasteiger partial charge in [-0.2, -0.15) is 0 Å². The van der Waals surface area contributed by atoms with E-state index in [1.54, 1.807) is 0 Å². The lowest BCUT2D eigenvalue weighted by molar-refractivity contribution is 0.0672. The highest BCUT2D eigenvalue weighted by molar-refractivity contribution is 14.1. The quantitative estimate of drug-likeness (QED) is 0.717. The Morgan fingerprint density at radius 3 is 2.94 bits per heavy atom. The highest BCUT2D eigenvalue weighted by Gasteiger charge is 2.28. The summed E-state index contributed by atoms with van der Waals surface area (Å²) in [4.78, 5) is 0. The van der Waals surface area contributed by atoms with E-state index in [0.29, 0.717) is 10.9 Å². The van der Waals surface area contributed by atoms with Gasteiger partial charge in [-0.05, 0) is 71.0 Å². The molecule has 100 valence electrons. The van der Waals surface area contributed by atoms with E-state index in [0.717, 1.165) is 27.9 Å². The van der Waals surface area contributed by atoms with Crippen molar-refractivity contribution in [3.05, 3.63) is 32.4 Å². The van der Waals surface area contributed by atoms with E-state index in [1.165, 1.54) is 19.3 Å². The molecule has 2 rings (SSSR count). The van der Waals surface area contributed by atoms with Gasteiger partial charge in [-0.1, -0.05) is 37.8 Å².